The molecule has 0 unspecified atom stereocenters. The second-order valence-corrected chi connectivity index (χ2v) is 10.1. The van der Waals surface area contributed by atoms with E-state index in [9.17, 15) is 8.42 Å². The highest BCUT2D eigenvalue weighted by Crippen LogP contribution is 2.43. The second kappa shape index (κ2) is 7.26. The molecule has 0 aliphatic carbocycles. The van der Waals surface area contributed by atoms with Gasteiger partial charge < -0.3 is 9.47 Å². The van der Waals surface area contributed by atoms with Crippen molar-refractivity contribution in [2.24, 2.45) is 0 Å². The van der Waals surface area contributed by atoms with E-state index in [4.69, 9.17) is 9.47 Å². The molecule has 152 valence electrons. The fourth-order valence-electron chi connectivity index (χ4n) is 3.18. The molecule has 0 bridgehead atoms. The van der Waals surface area contributed by atoms with E-state index in [0.717, 1.165) is 16.7 Å². The minimum Gasteiger partial charge on any atom is -0.342 e. The molecule has 28 heavy (non-hydrogen) atoms. The third-order valence-electron chi connectivity index (χ3n) is 5.68. The van der Waals surface area contributed by atoms with Crippen molar-refractivity contribution in [1.29, 1.82) is 0 Å². The number of ether oxygens (including phenoxy) is 2. The molecule has 0 aromatic heterocycles. The summed E-state index contributed by atoms with van der Waals surface area (Å²) in [7, 11) is -3.76. The van der Waals surface area contributed by atoms with Gasteiger partial charge in [0.05, 0.1) is 22.1 Å². The quantitative estimate of drug-likeness (QED) is 0.810. The molecule has 2 aromatic carbocycles. The van der Waals surface area contributed by atoms with E-state index in [1.54, 1.807) is 24.3 Å². The molecule has 1 aliphatic rings. The van der Waals surface area contributed by atoms with Crippen LogP contribution in [-0.2, 0) is 19.5 Å². The van der Waals surface area contributed by atoms with Crippen molar-refractivity contribution in [2.75, 3.05) is 0 Å². The van der Waals surface area contributed by atoms with E-state index in [2.05, 4.69) is 4.72 Å². The lowest BCUT2D eigenvalue weighted by atomic mass is 9.90. The average Bonchev–Trinajstić information content (AvgIpc) is 2.81. The van der Waals surface area contributed by atoms with Crippen molar-refractivity contribution in [2.45, 2.75) is 70.0 Å². The third kappa shape index (κ3) is 4.01. The summed E-state index contributed by atoms with van der Waals surface area (Å²) < 4.78 is 41.4. The monoisotopic (exact) mass is 403 g/mol. The fourth-order valence-corrected chi connectivity index (χ4v) is 4.38. The molecule has 0 saturated carbocycles. The Kier molecular flexibility index (Phi) is 5.44. The number of sulfonamides is 1. The molecule has 1 fully saturated rings. The van der Waals surface area contributed by atoms with E-state index in [-0.39, 0.29) is 4.90 Å². The van der Waals surface area contributed by atoms with Crippen LogP contribution in [0.4, 0.5) is 0 Å². The maximum Gasteiger partial charge on any atom is 0.241 e. The topological polar surface area (TPSA) is 64.6 Å². The first-order valence-corrected chi connectivity index (χ1v) is 10.9. The highest BCUT2D eigenvalue weighted by molar-refractivity contribution is 7.89. The van der Waals surface area contributed by atoms with Gasteiger partial charge in [0.15, 0.2) is 6.29 Å². The van der Waals surface area contributed by atoms with Gasteiger partial charge >= 0.3 is 0 Å². The Labute approximate surface area is 168 Å². The fraction of sp³-hybridized carbons (Fsp3) is 0.455. The van der Waals surface area contributed by atoms with Crippen molar-refractivity contribution in [3.05, 3.63) is 65.2 Å². The summed E-state index contributed by atoms with van der Waals surface area (Å²) in [5.41, 5.74) is 1.67. The van der Waals surface area contributed by atoms with Gasteiger partial charge in [0.2, 0.25) is 10.0 Å². The zero-order chi connectivity index (χ0) is 20.7. The molecule has 0 amide bonds. The van der Waals surface area contributed by atoms with Crippen LogP contribution in [-0.4, -0.2) is 25.9 Å². The smallest absolute Gasteiger partial charge is 0.241 e. The standard InChI is InChI=1S/C22H29NO4S/c1-15-11-13-17(14-12-15)28(24,25)23-19(18-10-8-7-9-16(18)2)20-26-21(3,4)22(5,6)27-20/h7-14,19-20,23H,1-6H3/t19-/m1/s1. The first-order valence-electron chi connectivity index (χ1n) is 9.43. The first kappa shape index (κ1) is 21.0. The molecule has 0 radical (unpaired) electrons. The lowest BCUT2D eigenvalue weighted by Crippen LogP contribution is -2.41. The van der Waals surface area contributed by atoms with Crippen LogP contribution in [0.3, 0.4) is 0 Å². The molecule has 1 heterocycles. The van der Waals surface area contributed by atoms with Crippen LogP contribution < -0.4 is 4.72 Å². The summed E-state index contributed by atoms with van der Waals surface area (Å²) in [5.74, 6) is 0. The predicted molar refractivity (Wildman–Crippen MR) is 110 cm³/mol. The van der Waals surface area contributed by atoms with E-state index < -0.39 is 33.6 Å². The van der Waals surface area contributed by atoms with Crippen molar-refractivity contribution >= 4 is 10.0 Å². The zero-order valence-electron chi connectivity index (χ0n) is 17.3. The van der Waals surface area contributed by atoms with Crippen molar-refractivity contribution in [3.8, 4) is 0 Å². The molecular weight excluding hydrogens is 374 g/mol. The summed E-state index contributed by atoms with van der Waals surface area (Å²) in [6.45, 7) is 11.7. The lowest BCUT2D eigenvalue weighted by Gasteiger charge is -2.30. The molecule has 2 aromatic rings. The molecule has 3 rings (SSSR count). The Morgan fingerprint density at radius 3 is 1.96 bits per heavy atom. The predicted octanol–water partition coefficient (Wildman–Crippen LogP) is 4.25. The Morgan fingerprint density at radius 1 is 0.893 bits per heavy atom. The van der Waals surface area contributed by atoms with Crippen molar-refractivity contribution < 1.29 is 17.9 Å². The molecule has 5 nitrogen and oxygen atoms in total. The summed E-state index contributed by atoms with van der Waals surface area (Å²) in [5, 5.41) is 0. The molecular formula is C22H29NO4S. The Morgan fingerprint density at radius 2 is 1.43 bits per heavy atom. The number of aryl methyl sites for hydroxylation is 2. The summed E-state index contributed by atoms with van der Waals surface area (Å²) in [6, 6.07) is 13.8. The number of nitrogens with one attached hydrogen (secondary N) is 1. The van der Waals surface area contributed by atoms with E-state index in [0.29, 0.717) is 0 Å². The highest BCUT2D eigenvalue weighted by Gasteiger charge is 2.52. The maximum atomic E-state index is 13.1. The summed E-state index contributed by atoms with van der Waals surface area (Å²) in [6.07, 6.45) is -0.744. The normalized spacial score (nSPS) is 20.2. The van der Waals surface area contributed by atoms with Crippen LogP contribution >= 0.6 is 0 Å². The second-order valence-electron chi connectivity index (χ2n) is 8.39. The average molecular weight is 404 g/mol. The van der Waals surface area contributed by atoms with Crippen molar-refractivity contribution in [1.82, 2.24) is 4.72 Å². The van der Waals surface area contributed by atoms with Crippen LogP contribution in [0.5, 0.6) is 0 Å². The van der Waals surface area contributed by atoms with Crippen LogP contribution in [0.15, 0.2) is 53.4 Å². The Balaban J connectivity index is 2.01. The van der Waals surface area contributed by atoms with E-state index >= 15 is 0 Å². The molecule has 0 spiro atoms. The molecule has 1 atom stereocenters. The number of rotatable bonds is 5. The first-order chi connectivity index (χ1) is 12.9. The molecule has 6 heteroatoms. The Bertz CT molecular complexity index is 933. The van der Waals surface area contributed by atoms with Gasteiger partial charge in [-0.05, 0) is 64.8 Å². The van der Waals surface area contributed by atoms with Gasteiger partial charge in [0.1, 0.15) is 0 Å². The van der Waals surface area contributed by atoms with Gasteiger partial charge in [0, 0.05) is 0 Å². The van der Waals surface area contributed by atoms with E-state index in [1.807, 2.05) is 65.8 Å². The molecule has 1 N–H and O–H groups in total. The summed E-state index contributed by atoms with van der Waals surface area (Å²) >= 11 is 0. The van der Waals surface area contributed by atoms with Gasteiger partial charge in [-0.25, -0.2) is 8.42 Å². The van der Waals surface area contributed by atoms with Gasteiger partial charge in [-0.3, -0.25) is 0 Å². The van der Waals surface area contributed by atoms with Gasteiger partial charge in [0.25, 0.3) is 0 Å². The minimum atomic E-state index is -3.76. The Hall–Kier alpha value is -1.73. The number of hydrogen-bond acceptors (Lipinski definition) is 4. The van der Waals surface area contributed by atoms with Crippen LogP contribution in [0.2, 0.25) is 0 Å². The van der Waals surface area contributed by atoms with Crippen LogP contribution in [0.1, 0.15) is 50.4 Å². The van der Waals surface area contributed by atoms with Crippen molar-refractivity contribution in [3.63, 3.8) is 0 Å². The SMILES string of the molecule is Cc1ccc(S(=O)(=O)N[C@H](c2ccccc2C)C2OC(C)(C)C(C)(C)O2)cc1. The largest absolute Gasteiger partial charge is 0.342 e. The lowest BCUT2D eigenvalue weighted by molar-refractivity contribution is -0.105. The highest BCUT2D eigenvalue weighted by atomic mass is 32.2. The third-order valence-corrected chi connectivity index (χ3v) is 7.14. The van der Waals surface area contributed by atoms with Gasteiger partial charge in [-0.1, -0.05) is 42.0 Å². The summed E-state index contributed by atoms with van der Waals surface area (Å²) in [4.78, 5) is 0.216. The molecule has 1 aliphatic heterocycles. The van der Waals surface area contributed by atoms with Gasteiger partial charge in [-0.2, -0.15) is 4.72 Å². The van der Waals surface area contributed by atoms with Gasteiger partial charge in [-0.15, -0.1) is 0 Å². The minimum absolute atomic E-state index is 0.216. The molecule has 1 saturated heterocycles. The van der Waals surface area contributed by atoms with Crippen LogP contribution in [0.25, 0.3) is 0 Å². The number of hydrogen-bond donors (Lipinski definition) is 1. The number of benzene rings is 2. The van der Waals surface area contributed by atoms with E-state index in [1.165, 1.54) is 0 Å². The maximum absolute atomic E-state index is 13.1. The van der Waals surface area contributed by atoms with Crippen LogP contribution in [0, 0.1) is 13.8 Å². The zero-order valence-corrected chi connectivity index (χ0v) is 18.1.